The van der Waals surface area contributed by atoms with Gasteiger partial charge in [0.1, 0.15) is 11.9 Å². The Morgan fingerprint density at radius 2 is 1.55 bits per heavy atom. The van der Waals surface area contributed by atoms with E-state index in [0.717, 1.165) is 103 Å². The summed E-state index contributed by atoms with van der Waals surface area (Å²) in [6.07, 6.45) is 25.1. The highest BCUT2D eigenvalue weighted by Crippen LogP contribution is 2.81. The monoisotopic (exact) mass is 1050 g/mol. The molecular formula is C68H97N3O6. The number of nitrogens with one attached hydrogen (secondary N) is 2. The summed E-state index contributed by atoms with van der Waals surface area (Å²) in [6, 6.07) is 7.65. The molecule has 7 aliphatic carbocycles. The summed E-state index contributed by atoms with van der Waals surface area (Å²) in [6.45, 7) is 22.8. The Labute approximate surface area is 461 Å². The maximum absolute atomic E-state index is 15.9. The van der Waals surface area contributed by atoms with Crippen LogP contribution in [0.5, 0.6) is 0 Å². The van der Waals surface area contributed by atoms with Gasteiger partial charge in [0.15, 0.2) is 5.78 Å². The summed E-state index contributed by atoms with van der Waals surface area (Å²) in [4.78, 5) is 35.3. The number of aliphatic hydroxyl groups is 2. The lowest BCUT2D eigenvalue weighted by atomic mass is 9.29. The third-order valence-corrected chi connectivity index (χ3v) is 25.7. The first-order valence-electron chi connectivity index (χ1n) is 31.7. The standard InChI is InChI=1S/C68H97N3O6/c1-9-69-37-41-19-26-68(33-41)36-54(74)66(7,49-17-13-14-18-49)53-21-25-64(5)60(67(53,68)8)59(75)50-40-71-39-48(31-42-29-46(43-15-11-10-12-16-43)32-47(30-42)44-22-27-76-28-23-44)57-58(71)45(38-70-57)20-24-63(4,34-52(73)61-62(2,3)77-61)56-51(72)35-65(64,6)55(50)56/h29-30,32,38-39,41,43-44,49-50,52-53,59-61,69-70,73,75H,9-28,31,33-37,40H2,1-8H3/t41-,50+,52-,53+,59-,60+,61-,63+,64+,65+,66+,67-,68-/m1/s1. The third kappa shape index (κ3) is 8.01. The topological polar surface area (TPSA) is 129 Å². The van der Waals surface area contributed by atoms with Crippen LogP contribution in [0.25, 0.3) is 11.0 Å². The van der Waals surface area contributed by atoms with Gasteiger partial charge in [0.05, 0.1) is 28.8 Å². The van der Waals surface area contributed by atoms with Crippen molar-refractivity contribution in [3.63, 3.8) is 0 Å². The van der Waals surface area contributed by atoms with E-state index in [1.807, 2.05) is 0 Å². The number of ether oxygens (including phenoxy) is 2. The molecule has 0 radical (unpaired) electrons. The predicted molar refractivity (Wildman–Crippen MR) is 305 cm³/mol. The number of epoxide rings is 1. The van der Waals surface area contributed by atoms with Gasteiger partial charge in [-0.05, 0) is 207 Å². The molecule has 10 aliphatic rings. The van der Waals surface area contributed by atoms with Crippen molar-refractivity contribution in [3.8, 4) is 0 Å². The minimum atomic E-state index is -0.737. The Morgan fingerprint density at radius 1 is 0.844 bits per heavy atom. The van der Waals surface area contributed by atoms with E-state index in [2.05, 4.69) is 101 Å². The van der Waals surface area contributed by atoms with Crippen LogP contribution in [0.3, 0.4) is 0 Å². The summed E-state index contributed by atoms with van der Waals surface area (Å²) in [5.74, 6) is 2.45. The summed E-state index contributed by atoms with van der Waals surface area (Å²) in [7, 11) is 0. The average Bonchev–Trinajstić information content (AvgIpc) is 3.94. The molecule has 0 bridgehead atoms. The minimum Gasteiger partial charge on any atom is -0.392 e. The fraction of sp³-hybridized carbons (Fsp3) is 0.765. The van der Waals surface area contributed by atoms with E-state index in [0.29, 0.717) is 61.7 Å². The number of rotatable bonds is 11. The van der Waals surface area contributed by atoms with E-state index in [-0.39, 0.29) is 40.5 Å². The first-order chi connectivity index (χ1) is 36.8. The van der Waals surface area contributed by atoms with Gasteiger partial charge in [-0.1, -0.05) is 91.8 Å². The zero-order chi connectivity index (χ0) is 53.7. The smallest absolute Gasteiger partial charge is 0.160 e. The summed E-state index contributed by atoms with van der Waals surface area (Å²) in [5, 5.41) is 30.5. The number of nitrogens with zero attached hydrogens (tertiary/aromatic N) is 1. The highest BCUT2D eigenvalue weighted by atomic mass is 16.6. The first-order valence-corrected chi connectivity index (χ1v) is 31.7. The van der Waals surface area contributed by atoms with Crippen molar-refractivity contribution in [1.82, 2.24) is 14.9 Å². The van der Waals surface area contributed by atoms with Crippen LogP contribution in [0, 0.1) is 62.1 Å². The number of aliphatic hydroxyl groups excluding tert-OH is 2. The van der Waals surface area contributed by atoms with Crippen molar-refractivity contribution in [2.24, 2.45) is 62.1 Å². The summed E-state index contributed by atoms with van der Waals surface area (Å²) >= 11 is 0. The molecule has 9 heteroatoms. The number of aryl methyl sites for hydroxylation is 1. The van der Waals surface area contributed by atoms with Crippen LogP contribution in [-0.4, -0.2) is 81.5 Å². The molecule has 3 aromatic rings. The number of H-pyrrole nitrogens is 1. The van der Waals surface area contributed by atoms with E-state index in [1.54, 1.807) is 0 Å². The number of Topliss-reactive ketones (excluding diaryl/α,β-unsaturated/α-hetero) is 2. The second-order valence-electron chi connectivity index (χ2n) is 29.9. The van der Waals surface area contributed by atoms with Crippen LogP contribution < -0.4 is 5.32 Å². The Hall–Kier alpha value is -3.08. The lowest BCUT2D eigenvalue weighted by Gasteiger charge is -2.74. The Bertz CT molecular complexity index is 2780. The van der Waals surface area contributed by atoms with Crippen LogP contribution in [0.4, 0.5) is 0 Å². The van der Waals surface area contributed by atoms with E-state index < -0.39 is 39.5 Å². The number of allylic oxidation sites excluding steroid dienone is 1. The second-order valence-corrected chi connectivity index (χ2v) is 29.9. The molecule has 8 fully saturated rings. The van der Waals surface area contributed by atoms with Crippen molar-refractivity contribution in [2.75, 3.05) is 26.3 Å². The molecule has 0 unspecified atom stereocenters. The number of aromatic nitrogens is 2. The number of ketones is 2. The zero-order valence-corrected chi connectivity index (χ0v) is 48.7. The van der Waals surface area contributed by atoms with Gasteiger partial charge in [0, 0.05) is 73.7 Å². The van der Waals surface area contributed by atoms with Gasteiger partial charge >= 0.3 is 0 Å². The third-order valence-electron chi connectivity index (χ3n) is 25.7. The van der Waals surface area contributed by atoms with Gasteiger partial charge in [0.2, 0.25) is 0 Å². The van der Waals surface area contributed by atoms with Crippen LogP contribution >= 0.6 is 0 Å². The average molecular weight is 1050 g/mol. The molecule has 13 rings (SSSR count). The number of hydrogen-bond donors (Lipinski definition) is 4. The first kappa shape index (κ1) is 53.2. The van der Waals surface area contributed by atoms with E-state index in [1.165, 1.54) is 89.4 Å². The highest BCUT2D eigenvalue weighted by molar-refractivity contribution is 6.02. The van der Waals surface area contributed by atoms with Gasteiger partial charge < -0.3 is 34.6 Å². The van der Waals surface area contributed by atoms with Crippen molar-refractivity contribution < 1.29 is 29.3 Å². The number of carbonyl (C=O) groups excluding carboxylic acids is 2. The zero-order valence-electron chi connectivity index (χ0n) is 48.7. The Balaban J connectivity index is 0.974. The molecule has 0 amide bonds. The summed E-state index contributed by atoms with van der Waals surface area (Å²) < 4.78 is 14.6. The Kier molecular flexibility index (Phi) is 13.1. The van der Waals surface area contributed by atoms with Gasteiger partial charge in [0.25, 0.3) is 0 Å². The quantitative estimate of drug-likeness (QED) is 0.141. The largest absolute Gasteiger partial charge is 0.392 e. The normalized spacial score (nSPS) is 40.8. The number of aromatic amines is 1. The fourth-order valence-electron chi connectivity index (χ4n) is 21.6. The van der Waals surface area contributed by atoms with Crippen LogP contribution in [0.2, 0.25) is 0 Å². The van der Waals surface area contributed by atoms with Crippen LogP contribution in [-0.2, 0) is 38.4 Å². The number of hydrogen-bond acceptors (Lipinski definition) is 7. The maximum atomic E-state index is 15.9. The molecule has 3 aliphatic heterocycles. The number of carbonyl (C=O) groups is 2. The van der Waals surface area contributed by atoms with E-state index in [4.69, 9.17) is 9.47 Å². The van der Waals surface area contributed by atoms with Crippen molar-refractivity contribution in [3.05, 3.63) is 69.6 Å². The number of benzene rings is 1. The number of fused-ring (bicyclic) bond motifs is 5. The minimum absolute atomic E-state index is 0.117. The van der Waals surface area contributed by atoms with Crippen molar-refractivity contribution in [2.45, 2.75) is 239 Å². The lowest BCUT2D eigenvalue weighted by Crippen LogP contribution is -2.73. The van der Waals surface area contributed by atoms with Crippen LogP contribution in [0.1, 0.15) is 223 Å². The van der Waals surface area contributed by atoms with Gasteiger partial charge in [-0.25, -0.2) is 0 Å². The maximum Gasteiger partial charge on any atom is 0.160 e. The molecule has 2 aromatic heterocycles. The van der Waals surface area contributed by atoms with Gasteiger partial charge in [-0.2, -0.15) is 0 Å². The van der Waals surface area contributed by atoms with Gasteiger partial charge in [-0.3, -0.25) is 9.59 Å². The Morgan fingerprint density at radius 3 is 2.25 bits per heavy atom. The highest BCUT2D eigenvalue weighted by Gasteiger charge is 2.78. The molecule has 77 heavy (non-hydrogen) atoms. The molecular weight excluding hydrogens is 955 g/mol. The molecule has 4 N–H and O–H groups in total. The molecule has 13 atom stereocenters. The molecule has 2 saturated heterocycles. The fourth-order valence-corrected chi connectivity index (χ4v) is 21.6. The molecule has 6 saturated carbocycles. The molecule has 420 valence electrons. The van der Waals surface area contributed by atoms with Gasteiger partial charge in [-0.15, -0.1) is 0 Å². The van der Waals surface area contributed by atoms with E-state index in [9.17, 15) is 10.2 Å². The van der Waals surface area contributed by atoms with Crippen molar-refractivity contribution >= 4 is 22.6 Å². The molecule has 5 heterocycles. The van der Waals surface area contributed by atoms with Crippen molar-refractivity contribution in [1.29, 1.82) is 0 Å². The lowest BCUT2D eigenvalue weighted by molar-refractivity contribution is -0.266. The second kappa shape index (κ2) is 19.0. The SMILES string of the molecule is CCNC[C@@H]1CC[C@]2(CC(=O)[C@@](C)(C3CCCC3)[C@@H]3CC[C@@]4(C)[C@H]([C@H](O)[C@H]5Cn6cc(Cc7cc(C8CCCCC8)cc(C8CCOCC8)c7)c7[nH]cc(c76)CC[C@@](C)(C[C@@H](O)[C@H]6OC6(C)C)C6=C5[C@]4(C)CC6=O)[C@@]32C)C1. The molecule has 9 nitrogen and oxygen atoms in total. The predicted octanol–water partition coefficient (Wildman–Crippen LogP) is 13.3. The summed E-state index contributed by atoms with van der Waals surface area (Å²) in [5.41, 5.74) is 8.50. The van der Waals surface area contributed by atoms with E-state index >= 15 is 9.59 Å². The molecule has 1 aromatic carbocycles. The van der Waals surface area contributed by atoms with Crippen LogP contribution in [0.15, 0.2) is 41.7 Å². The molecule has 1 spiro atoms.